The summed E-state index contributed by atoms with van der Waals surface area (Å²) in [5.41, 5.74) is 2.35. The second kappa shape index (κ2) is 5.93. The molecule has 0 aliphatic heterocycles. The Hall–Kier alpha value is -2.75. The molecule has 0 aliphatic carbocycles. The van der Waals surface area contributed by atoms with Crippen molar-refractivity contribution in [1.29, 1.82) is 0 Å². The standard InChI is InChI=1S/C18H17NO3/c1-12-17(15-5-3-4-6-16(15)22-12)18(20)19-11-13-7-9-14(21-2)10-8-13/h3-10H,11H2,1-2H3,(H,19,20). The van der Waals surface area contributed by atoms with Gasteiger partial charge in [-0.1, -0.05) is 30.3 Å². The van der Waals surface area contributed by atoms with Gasteiger partial charge >= 0.3 is 0 Å². The highest BCUT2D eigenvalue weighted by Gasteiger charge is 2.17. The van der Waals surface area contributed by atoms with E-state index in [9.17, 15) is 4.79 Å². The number of carbonyl (C=O) groups is 1. The van der Waals surface area contributed by atoms with E-state index in [1.165, 1.54) is 0 Å². The Labute approximate surface area is 128 Å². The summed E-state index contributed by atoms with van der Waals surface area (Å²) in [5.74, 6) is 1.30. The fraction of sp³-hybridized carbons (Fsp3) is 0.167. The zero-order valence-corrected chi connectivity index (χ0v) is 12.6. The highest BCUT2D eigenvalue weighted by Crippen LogP contribution is 2.25. The van der Waals surface area contributed by atoms with E-state index in [0.29, 0.717) is 17.9 Å². The van der Waals surface area contributed by atoms with Gasteiger partial charge in [-0.15, -0.1) is 0 Å². The Balaban J connectivity index is 1.77. The lowest BCUT2D eigenvalue weighted by atomic mass is 10.1. The lowest BCUT2D eigenvalue weighted by Crippen LogP contribution is -2.23. The molecule has 1 N–H and O–H groups in total. The molecule has 0 bridgehead atoms. The van der Waals surface area contributed by atoms with Crippen LogP contribution in [0.3, 0.4) is 0 Å². The van der Waals surface area contributed by atoms with Crippen LogP contribution < -0.4 is 10.1 Å². The third-order valence-electron chi connectivity index (χ3n) is 3.61. The lowest BCUT2D eigenvalue weighted by molar-refractivity contribution is 0.0951. The van der Waals surface area contributed by atoms with Gasteiger partial charge in [0, 0.05) is 11.9 Å². The molecular weight excluding hydrogens is 278 g/mol. The summed E-state index contributed by atoms with van der Waals surface area (Å²) in [4.78, 5) is 12.4. The highest BCUT2D eigenvalue weighted by molar-refractivity contribution is 6.07. The lowest BCUT2D eigenvalue weighted by Gasteiger charge is -2.06. The van der Waals surface area contributed by atoms with E-state index in [0.717, 1.165) is 22.3 Å². The number of rotatable bonds is 4. The molecule has 0 saturated carbocycles. The third-order valence-corrected chi connectivity index (χ3v) is 3.61. The van der Waals surface area contributed by atoms with Crippen LogP contribution in [0.4, 0.5) is 0 Å². The van der Waals surface area contributed by atoms with Crippen molar-refractivity contribution >= 4 is 16.9 Å². The Bertz CT molecular complexity index is 803. The second-order valence-electron chi connectivity index (χ2n) is 5.06. The zero-order chi connectivity index (χ0) is 15.5. The van der Waals surface area contributed by atoms with Gasteiger partial charge < -0.3 is 14.5 Å². The highest BCUT2D eigenvalue weighted by atomic mass is 16.5. The first-order valence-electron chi connectivity index (χ1n) is 7.08. The van der Waals surface area contributed by atoms with E-state index < -0.39 is 0 Å². The maximum atomic E-state index is 12.4. The number of hydrogen-bond donors (Lipinski definition) is 1. The zero-order valence-electron chi connectivity index (χ0n) is 12.6. The number of methoxy groups -OCH3 is 1. The van der Waals surface area contributed by atoms with Crippen molar-refractivity contribution in [2.45, 2.75) is 13.5 Å². The number of benzene rings is 2. The van der Waals surface area contributed by atoms with Gasteiger partial charge in [0.1, 0.15) is 17.1 Å². The van der Waals surface area contributed by atoms with Gasteiger partial charge in [-0.3, -0.25) is 4.79 Å². The van der Waals surface area contributed by atoms with Crippen LogP contribution in [0, 0.1) is 6.92 Å². The number of nitrogens with one attached hydrogen (secondary N) is 1. The van der Waals surface area contributed by atoms with Crippen LogP contribution in [0.25, 0.3) is 11.0 Å². The summed E-state index contributed by atoms with van der Waals surface area (Å²) < 4.78 is 10.7. The molecule has 4 heteroatoms. The Kier molecular flexibility index (Phi) is 3.83. The number of fused-ring (bicyclic) bond motifs is 1. The molecule has 2 aromatic carbocycles. The van der Waals surface area contributed by atoms with Crippen LogP contribution in [0.2, 0.25) is 0 Å². The van der Waals surface area contributed by atoms with E-state index in [1.807, 2.05) is 55.5 Å². The fourth-order valence-electron chi connectivity index (χ4n) is 2.46. The average Bonchev–Trinajstić information content (AvgIpc) is 2.89. The topological polar surface area (TPSA) is 51.5 Å². The van der Waals surface area contributed by atoms with E-state index in [2.05, 4.69) is 5.32 Å². The van der Waals surface area contributed by atoms with Gasteiger partial charge in [-0.25, -0.2) is 0 Å². The number of para-hydroxylation sites is 1. The number of furan rings is 1. The molecule has 112 valence electrons. The molecule has 0 spiro atoms. The Morgan fingerprint density at radius 1 is 1.14 bits per heavy atom. The minimum absolute atomic E-state index is 0.127. The third kappa shape index (κ3) is 2.68. The maximum absolute atomic E-state index is 12.4. The Morgan fingerprint density at radius 2 is 1.86 bits per heavy atom. The second-order valence-corrected chi connectivity index (χ2v) is 5.06. The number of aryl methyl sites for hydroxylation is 1. The normalized spacial score (nSPS) is 10.6. The summed E-state index contributed by atoms with van der Waals surface area (Å²) in [6.45, 7) is 2.27. The number of ether oxygens (including phenoxy) is 1. The van der Waals surface area contributed by atoms with Crippen molar-refractivity contribution in [2.75, 3.05) is 7.11 Å². The van der Waals surface area contributed by atoms with Gasteiger partial charge in [0.15, 0.2) is 0 Å². The van der Waals surface area contributed by atoms with Crippen LogP contribution in [-0.2, 0) is 6.54 Å². The molecular formula is C18H17NO3. The number of amides is 1. The first kappa shape index (κ1) is 14.2. The number of hydrogen-bond acceptors (Lipinski definition) is 3. The molecule has 0 radical (unpaired) electrons. The van der Waals surface area contributed by atoms with Crippen LogP contribution in [-0.4, -0.2) is 13.0 Å². The van der Waals surface area contributed by atoms with Crippen molar-refractivity contribution in [1.82, 2.24) is 5.32 Å². The molecule has 0 atom stereocenters. The van der Waals surface area contributed by atoms with Crippen molar-refractivity contribution in [3.05, 3.63) is 65.4 Å². The van der Waals surface area contributed by atoms with E-state index in [-0.39, 0.29) is 5.91 Å². The molecule has 0 saturated heterocycles. The molecule has 3 aromatic rings. The van der Waals surface area contributed by atoms with Gasteiger partial charge in [0.25, 0.3) is 5.91 Å². The first-order valence-corrected chi connectivity index (χ1v) is 7.08. The molecule has 22 heavy (non-hydrogen) atoms. The smallest absolute Gasteiger partial charge is 0.255 e. The summed E-state index contributed by atoms with van der Waals surface area (Å²) in [6, 6.07) is 15.2. The molecule has 0 unspecified atom stereocenters. The van der Waals surface area contributed by atoms with Gasteiger partial charge in [-0.05, 0) is 30.7 Å². The van der Waals surface area contributed by atoms with Crippen LogP contribution in [0.5, 0.6) is 5.75 Å². The predicted octanol–water partition coefficient (Wildman–Crippen LogP) is 3.68. The van der Waals surface area contributed by atoms with Crippen LogP contribution in [0.1, 0.15) is 21.7 Å². The van der Waals surface area contributed by atoms with E-state index in [1.54, 1.807) is 7.11 Å². The molecule has 0 fully saturated rings. The molecule has 1 heterocycles. The van der Waals surface area contributed by atoms with Crippen molar-refractivity contribution in [3.63, 3.8) is 0 Å². The first-order chi connectivity index (χ1) is 10.7. The van der Waals surface area contributed by atoms with Gasteiger partial charge in [-0.2, -0.15) is 0 Å². The molecule has 3 rings (SSSR count). The largest absolute Gasteiger partial charge is 0.497 e. The van der Waals surface area contributed by atoms with Crippen molar-refractivity contribution < 1.29 is 13.9 Å². The molecule has 1 aromatic heterocycles. The van der Waals surface area contributed by atoms with Crippen LogP contribution >= 0.6 is 0 Å². The predicted molar refractivity (Wildman–Crippen MR) is 85.1 cm³/mol. The number of carbonyl (C=O) groups excluding carboxylic acids is 1. The van der Waals surface area contributed by atoms with E-state index in [4.69, 9.17) is 9.15 Å². The van der Waals surface area contributed by atoms with Crippen molar-refractivity contribution in [3.8, 4) is 5.75 Å². The molecule has 0 aliphatic rings. The quantitative estimate of drug-likeness (QED) is 0.799. The maximum Gasteiger partial charge on any atom is 0.255 e. The summed E-state index contributed by atoms with van der Waals surface area (Å²) in [6.07, 6.45) is 0. The molecule has 1 amide bonds. The minimum Gasteiger partial charge on any atom is -0.497 e. The monoisotopic (exact) mass is 295 g/mol. The average molecular weight is 295 g/mol. The Morgan fingerprint density at radius 3 is 2.59 bits per heavy atom. The van der Waals surface area contributed by atoms with Crippen LogP contribution in [0.15, 0.2) is 52.9 Å². The molecule has 4 nitrogen and oxygen atoms in total. The van der Waals surface area contributed by atoms with Gasteiger partial charge in [0.05, 0.1) is 12.7 Å². The minimum atomic E-state index is -0.127. The van der Waals surface area contributed by atoms with Gasteiger partial charge in [0.2, 0.25) is 0 Å². The summed E-state index contributed by atoms with van der Waals surface area (Å²) in [7, 11) is 1.63. The fourth-order valence-corrected chi connectivity index (χ4v) is 2.46. The summed E-state index contributed by atoms with van der Waals surface area (Å²) >= 11 is 0. The van der Waals surface area contributed by atoms with E-state index >= 15 is 0 Å². The summed E-state index contributed by atoms with van der Waals surface area (Å²) in [5, 5.41) is 3.77. The van der Waals surface area contributed by atoms with Crippen molar-refractivity contribution in [2.24, 2.45) is 0 Å². The SMILES string of the molecule is COc1ccc(CNC(=O)c2c(C)oc3ccccc23)cc1.